The van der Waals surface area contributed by atoms with Crippen LogP contribution in [-0.2, 0) is 21.9 Å². The van der Waals surface area contributed by atoms with E-state index in [4.69, 9.17) is 4.74 Å². The summed E-state index contributed by atoms with van der Waals surface area (Å²) >= 11 is 0. The van der Waals surface area contributed by atoms with E-state index >= 15 is 0 Å². The van der Waals surface area contributed by atoms with Crippen LogP contribution >= 0.6 is 0 Å². The van der Waals surface area contributed by atoms with E-state index in [1.807, 2.05) is 0 Å². The number of hydrogen-bond donors (Lipinski definition) is 0. The molecule has 3 saturated heterocycles. The first-order chi connectivity index (χ1) is 18.3. The van der Waals surface area contributed by atoms with Crippen LogP contribution in [0.4, 0.5) is 30.7 Å². The largest absolute Gasteiger partial charge is 0.416 e. The lowest BCUT2D eigenvalue weighted by Gasteiger charge is -2.28. The Hall–Kier alpha value is -2.66. The molecule has 0 aromatic heterocycles. The molecule has 4 nitrogen and oxygen atoms in total. The number of hydrogen-bond acceptors (Lipinski definition) is 3. The molecule has 0 saturated carbocycles. The Labute approximate surface area is 221 Å². The second kappa shape index (κ2) is 10.4. The van der Waals surface area contributed by atoms with Crippen LogP contribution in [0.1, 0.15) is 60.5 Å². The summed E-state index contributed by atoms with van der Waals surface area (Å²) in [7, 11) is 0. The van der Waals surface area contributed by atoms with E-state index in [9.17, 15) is 35.5 Å². The highest BCUT2D eigenvalue weighted by molar-refractivity contribution is 5.82. The van der Waals surface area contributed by atoms with Crippen LogP contribution in [0, 0.1) is 11.7 Å². The highest BCUT2D eigenvalue weighted by Gasteiger charge is 2.53. The highest BCUT2D eigenvalue weighted by atomic mass is 19.4. The topological polar surface area (TPSA) is 32.8 Å². The van der Waals surface area contributed by atoms with Gasteiger partial charge in [0, 0.05) is 25.0 Å². The normalized spacial score (nSPS) is 26.9. The maximum absolute atomic E-state index is 13.7. The van der Waals surface area contributed by atoms with E-state index in [1.165, 1.54) is 19.1 Å². The van der Waals surface area contributed by atoms with Gasteiger partial charge in [0.05, 0.1) is 29.3 Å². The quantitative estimate of drug-likeness (QED) is 0.384. The van der Waals surface area contributed by atoms with Crippen molar-refractivity contribution >= 4 is 5.91 Å². The molecule has 2 aromatic rings. The number of likely N-dealkylation sites (tertiary alicyclic amines) is 1. The molecule has 0 aliphatic carbocycles. The molecular weight excluding hydrogens is 529 g/mol. The van der Waals surface area contributed by atoms with Crippen molar-refractivity contribution < 1.29 is 40.3 Å². The summed E-state index contributed by atoms with van der Waals surface area (Å²) in [6.45, 7) is 4.08. The molecule has 39 heavy (non-hydrogen) atoms. The van der Waals surface area contributed by atoms with Crippen LogP contribution in [0.25, 0.3) is 0 Å². The Balaban J connectivity index is 1.42. The van der Waals surface area contributed by atoms with Crippen molar-refractivity contribution in [1.82, 2.24) is 9.80 Å². The first-order valence-electron chi connectivity index (χ1n) is 13.0. The van der Waals surface area contributed by atoms with Gasteiger partial charge in [0.1, 0.15) is 5.82 Å². The van der Waals surface area contributed by atoms with E-state index in [-0.39, 0.29) is 36.0 Å². The zero-order valence-electron chi connectivity index (χ0n) is 21.2. The first kappa shape index (κ1) is 27.9. The van der Waals surface area contributed by atoms with Gasteiger partial charge in [-0.2, -0.15) is 26.3 Å². The molecule has 5 atom stereocenters. The third-order valence-electron chi connectivity index (χ3n) is 8.14. The Morgan fingerprint density at radius 2 is 1.54 bits per heavy atom. The molecule has 0 radical (unpaired) electrons. The fraction of sp³-hybridized carbons (Fsp3) is 0.536. The van der Waals surface area contributed by atoms with Gasteiger partial charge in [-0.15, -0.1) is 0 Å². The van der Waals surface area contributed by atoms with Gasteiger partial charge in [-0.25, -0.2) is 4.39 Å². The zero-order valence-corrected chi connectivity index (χ0v) is 21.2. The van der Waals surface area contributed by atoms with E-state index in [0.717, 1.165) is 25.9 Å². The predicted octanol–water partition coefficient (Wildman–Crippen LogP) is 6.42. The number of halogens is 7. The summed E-state index contributed by atoms with van der Waals surface area (Å²) in [4.78, 5) is 17.3. The molecule has 2 aromatic carbocycles. The van der Waals surface area contributed by atoms with Crippen molar-refractivity contribution in [2.24, 2.45) is 5.92 Å². The zero-order chi connectivity index (χ0) is 28.1. The summed E-state index contributed by atoms with van der Waals surface area (Å²) in [6.07, 6.45) is -9.05. The Kier molecular flexibility index (Phi) is 7.43. The van der Waals surface area contributed by atoms with Gasteiger partial charge in [-0.1, -0.05) is 12.1 Å². The van der Waals surface area contributed by atoms with Gasteiger partial charge in [-0.3, -0.25) is 4.79 Å². The van der Waals surface area contributed by atoms with E-state index in [0.29, 0.717) is 30.7 Å². The third-order valence-corrected chi connectivity index (χ3v) is 8.14. The number of alkyl halides is 6. The summed E-state index contributed by atoms with van der Waals surface area (Å²) in [5.74, 6) is -1.09. The molecule has 11 heteroatoms. The molecule has 0 bridgehead atoms. The predicted molar refractivity (Wildman–Crippen MR) is 128 cm³/mol. The second-order valence-electron chi connectivity index (χ2n) is 10.7. The van der Waals surface area contributed by atoms with Crippen LogP contribution in [0.3, 0.4) is 0 Å². The summed E-state index contributed by atoms with van der Waals surface area (Å²) in [6, 6.07) is 6.92. The number of amides is 1. The summed E-state index contributed by atoms with van der Waals surface area (Å²) < 4.78 is 100. The standard InChI is InChI=1S/C28H29F7N2O2/c1-16(18-10-20(27(30,31)32)13-21(11-18)28(33,34)35)39-24-15-37-23(25(24)17-4-6-22(29)7-5-17)12-19(26(37)38)14-36-8-2-3-9-36/h4-7,10-11,13,16,19,23-25H,2-3,8-9,12,14-15H2,1H3/t16-,19?,23+,24+,25+/m1/s1. The van der Waals surface area contributed by atoms with Crippen LogP contribution in [-0.4, -0.2) is 54.0 Å². The Morgan fingerprint density at radius 1 is 0.949 bits per heavy atom. The molecule has 3 aliphatic heterocycles. The van der Waals surface area contributed by atoms with Crippen LogP contribution in [0.5, 0.6) is 0 Å². The van der Waals surface area contributed by atoms with E-state index < -0.39 is 47.4 Å². The average Bonchev–Trinajstić information content (AvgIpc) is 3.57. The minimum atomic E-state index is -4.97. The van der Waals surface area contributed by atoms with E-state index in [2.05, 4.69) is 4.90 Å². The molecule has 3 heterocycles. The van der Waals surface area contributed by atoms with Gasteiger partial charge in [0.25, 0.3) is 0 Å². The molecule has 212 valence electrons. The van der Waals surface area contributed by atoms with Gasteiger partial charge in [0.15, 0.2) is 0 Å². The lowest BCUT2D eigenvalue weighted by molar-refractivity contribution is -0.143. The molecule has 3 fully saturated rings. The first-order valence-corrected chi connectivity index (χ1v) is 13.0. The third kappa shape index (κ3) is 5.79. The fourth-order valence-electron chi connectivity index (χ4n) is 6.27. The van der Waals surface area contributed by atoms with Crippen molar-refractivity contribution in [3.8, 4) is 0 Å². The molecule has 0 N–H and O–H groups in total. The number of carbonyl (C=O) groups excluding carboxylic acids is 1. The van der Waals surface area contributed by atoms with Crippen molar-refractivity contribution in [3.05, 3.63) is 70.5 Å². The molecule has 1 amide bonds. The number of rotatable bonds is 6. The highest BCUT2D eigenvalue weighted by Crippen LogP contribution is 2.46. The minimum Gasteiger partial charge on any atom is -0.368 e. The van der Waals surface area contributed by atoms with Crippen molar-refractivity contribution in [2.75, 3.05) is 26.2 Å². The van der Waals surface area contributed by atoms with Crippen LogP contribution in [0.15, 0.2) is 42.5 Å². The maximum atomic E-state index is 13.7. The summed E-state index contributed by atoms with van der Waals surface area (Å²) in [5, 5.41) is 0. The summed E-state index contributed by atoms with van der Waals surface area (Å²) in [5.41, 5.74) is -2.38. The monoisotopic (exact) mass is 558 g/mol. The average molecular weight is 559 g/mol. The van der Waals surface area contributed by atoms with Crippen LogP contribution in [0.2, 0.25) is 0 Å². The maximum Gasteiger partial charge on any atom is 0.416 e. The Morgan fingerprint density at radius 3 is 2.10 bits per heavy atom. The number of fused-ring (bicyclic) bond motifs is 1. The second-order valence-corrected chi connectivity index (χ2v) is 10.7. The van der Waals surface area contributed by atoms with Gasteiger partial charge >= 0.3 is 12.4 Å². The Bertz CT molecular complexity index is 1160. The van der Waals surface area contributed by atoms with Crippen molar-refractivity contribution in [2.45, 2.75) is 62.7 Å². The smallest absolute Gasteiger partial charge is 0.368 e. The van der Waals surface area contributed by atoms with Crippen LogP contribution < -0.4 is 0 Å². The number of carbonyl (C=O) groups is 1. The molecule has 5 rings (SSSR count). The number of ether oxygens (including phenoxy) is 1. The molecule has 3 aliphatic rings. The minimum absolute atomic E-state index is 0.0313. The van der Waals surface area contributed by atoms with Gasteiger partial charge in [-0.05, 0) is 80.7 Å². The fourth-order valence-corrected chi connectivity index (χ4v) is 6.27. The van der Waals surface area contributed by atoms with E-state index in [1.54, 1.807) is 17.0 Å². The SMILES string of the molecule is C[C@@H](O[C@H]1CN2C(=O)C(CN3CCCC3)C[C@H]2[C@@H]1c1ccc(F)cc1)c1cc(C(F)(F)F)cc(C(F)(F)F)c1. The van der Waals surface area contributed by atoms with Crippen molar-refractivity contribution in [1.29, 1.82) is 0 Å². The lowest BCUT2D eigenvalue weighted by Crippen LogP contribution is -2.35. The molecule has 0 spiro atoms. The van der Waals surface area contributed by atoms with Gasteiger partial charge in [0.2, 0.25) is 5.91 Å². The molecular formula is C28H29F7N2O2. The molecule has 1 unspecified atom stereocenters. The lowest BCUT2D eigenvalue weighted by atomic mass is 9.86. The number of benzene rings is 2. The van der Waals surface area contributed by atoms with Gasteiger partial charge < -0.3 is 14.5 Å². The van der Waals surface area contributed by atoms with Crippen molar-refractivity contribution in [3.63, 3.8) is 0 Å². The number of nitrogens with zero attached hydrogens (tertiary/aromatic N) is 2.